The van der Waals surface area contributed by atoms with Crippen LogP contribution in [0.3, 0.4) is 0 Å². The second kappa shape index (κ2) is 9.32. The van der Waals surface area contributed by atoms with E-state index in [1.54, 1.807) is 7.11 Å². The maximum Gasteiger partial charge on any atom is 0.191 e. The van der Waals surface area contributed by atoms with Gasteiger partial charge in [-0.1, -0.05) is 17.7 Å². The van der Waals surface area contributed by atoms with Gasteiger partial charge < -0.3 is 20.1 Å². The molecule has 1 heterocycles. The Hall–Kier alpha value is -0.730. The third-order valence-electron chi connectivity index (χ3n) is 3.25. The molecule has 21 heavy (non-hydrogen) atoms. The number of benzene rings is 1. The van der Waals surface area contributed by atoms with Crippen LogP contribution in [0.15, 0.2) is 23.2 Å². The molecule has 1 aromatic carbocycles. The predicted octanol–water partition coefficient (Wildman–Crippen LogP) is 2.16. The van der Waals surface area contributed by atoms with Gasteiger partial charge in [-0.25, -0.2) is 0 Å². The molecule has 0 aromatic heterocycles. The molecule has 5 nitrogen and oxygen atoms in total. The number of ether oxygens (including phenoxy) is 2. The van der Waals surface area contributed by atoms with Crippen LogP contribution in [0.2, 0.25) is 5.02 Å². The fourth-order valence-corrected chi connectivity index (χ4v) is 2.31. The summed E-state index contributed by atoms with van der Waals surface area (Å²) in [5.41, 5.74) is 7.01. The van der Waals surface area contributed by atoms with Crippen molar-refractivity contribution in [2.24, 2.45) is 10.7 Å². The van der Waals surface area contributed by atoms with Gasteiger partial charge in [0.2, 0.25) is 0 Å². The van der Waals surface area contributed by atoms with E-state index in [1.807, 2.05) is 23.1 Å². The number of rotatable bonds is 4. The molecule has 0 bridgehead atoms. The topological polar surface area (TPSA) is 60.1 Å². The van der Waals surface area contributed by atoms with Crippen LogP contribution in [-0.2, 0) is 11.2 Å². The Kier molecular flexibility index (Phi) is 8.13. The van der Waals surface area contributed by atoms with Crippen molar-refractivity contribution >= 4 is 41.5 Å². The minimum Gasteiger partial charge on any atom is -0.497 e. The van der Waals surface area contributed by atoms with Gasteiger partial charge in [-0.2, -0.15) is 0 Å². The number of aliphatic imine (C=N–C) groups is 1. The lowest BCUT2D eigenvalue weighted by atomic mass is 10.1. The molecule has 0 radical (unpaired) electrons. The van der Waals surface area contributed by atoms with Crippen molar-refractivity contribution < 1.29 is 9.47 Å². The summed E-state index contributed by atoms with van der Waals surface area (Å²) in [5, 5.41) is 0.699. The van der Waals surface area contributed by atoms with E-state index in [2.05, 4.69) is 4.99 Å². The smallest absolute Gasteiger partial charge is 0.191 e. The van der Waals surface area contributed by atoms with Gasteiger partial charge in [-0.3, -0.25) is 4.99 Å². The third-order valence-corrected chi connectivity index (χ3v) is 3.60. The fraction of sp³-hybridized carbons (Fsp3) is 0.500. The average Bonchev–Trinajstić information content (AvgIpc) is 2.49. The molecule has 1 aliphatic rings. The Morgan fingerprint density at radius 2 is 2.14 bits per heavy atom. The number of hydrogen-bond donors (Lipinski definition) is 1. The number of methoxy groups -OCH3 is 1. The van der Waals surface area contributed by atoms with E-state index in [1.165, 1.54) is 0 Å². The predicted molar refractivity (Wildman–Crippen MR) is 96.0 cm³/mol. The molecule has 0 saturated carbocycles. The van der Waals surface area contributed by atoms with E-state index in [0.29, 0.717) is 30.7 Å². The molecule has 1 fully saturated rings. The standard InChI is InChI=1S/C14H20ClN3O2.HI/c1-19-12-3-2-11(13(15)10-12)4-5-17-14(16)18-6-8-20-9-7-18;/h2-3,10H,4-9H2,1H3,(H2,16,17);1H. The molecule has 1 aliphatic heterocycles. The summed E-state index contributed by atoms with van der Waals surface area (Å²) in [7, 11) is 1.62. The maximum atomic E-state index is 6.19. The molecule has 0 atom stereocenters. The molecule has 1 aromatic rings. The molecular formula is C14H21ClIN3O2. The van der Waals surface area contributed by atoms with Crippen molar-refractivity contribution in [2.45, 2.75) is 6.42 Å². The van der Waals surface area contributed by atoms with Gasteiger partial charge in [0.1, 0.15) is 5.75 Å². The number of guanidine groups is 1. The number of hydrogen-bond acceptors (Lipinski definition) is 3. The van der Waals surface area contributed by atoms with Crippen LogP contribution < -0.4 is 10.5 Å². The number of morpholine rings is 1. The van der Waals surface area contributed by atoms with Gasteiger partial charge in [0, 0.05) is 24.7 Å². The summed E-state index contributed by atoms with van der Waals surface area (Å²) in [6, 6.07) is 5.67. The minimum atomic E-state index is 0. The highest BCUT2D eigenvalue weighted by atomic mass is 127. The lowest BCUT2D eigenvalue weighted by Gasteiger charge is -2.27. The van der Waals surface area contributed by atoms with Crippen LogP contribution in [0.1, 0.15) is 5.56 Å². The monoisotopic (exact) mass is 425 g/mol. The van der Waals surface area contributed by atoms with Gasteiger partial charge in [0.25, 0.3) is 0 Å². The summed E-state index contributed by atoms with van der Waals surface area (Å²) >= 11 is 6.19. The Labute approximate surface area is 147 Å². The average molecular weight is 426 g/mol. The first-order chi connectivity index (χ1) is 9.70. The molecule has 1 saturated heterocycles. The first-order valence-electron chi connectivity index (χ1n) is 6.65. The lowest BCUT2D eigenvalue weighted by Crippen LogP contribution is -2.44. The molecule has 0 amide bonds. The zero-order valence-electron chi connectivity index (χ0n) is 12.0. The van der Waals surface area contributed by atoms with Crippen molar-refractivity contribution in [1.29, 1.82) is 0 Å². The van der Waals surface area contributed by atoms with E-state index < -0.39 is 0 Å². The van der Waals surface area contributed by atoms with Gasteiger partial charge in [0.15, 0.2) is 5.96 Å². The Morgan fingerprint density at radius 3 is 2.76 bits per heavy atom. The van der Waals surface area contributed by atoms with Gasteiger partial charge >= 0.3 is 0 Å². The lowest BCUT2D eigenvalue weighted by molar-refractivity contribution is 0.0674. The molecule has 0 spiro atoms. The third kappa shape index (κ3) is 5.52. The normalized spacial score (nSPS) is 15.5. The summed E-state index contributed by atoms with van der Waals surface area (Å²) in [4.78, 5) is 6.44. The Balaban J connectivity index is 0.00000220. The van der Waals surface area contributed by atoms with Crippen LogP contribution in [0.4, 0.5) is 0 Å². The second-order valence-electron chi connectivity index (χ2n) is 4.55. The summed E-state index contributed by atoms with van der Waals surface area (Å²) < 4.78 is 10.4. The molecule has 7 heteroatoms. The van der Waals surface area contributed by atoms with Crippen LogP contribution in [0.5, 0.6) is 5.75 Å². The highest BCUT2D eigenvalue weighted by Gasteiger charge is 2.11. The first-order valence-corrected chi connectivity index (χ1v) is 7.03. The number of nitrogens with two attached hydrogens (primary N) is 1. The van der Waals surface area contributed by atoms with Gasteiger partial charge in [0.05, 0.1) is 20.3 Å². The van der Waals surface area contributed by atoms with Crippen molar-refractivity contribution in [3.63, 3.8) is 0 Å². The van der Waals surface area contributed by atoms with Gasteiger partial charge in [-0.05, 0) is 24.1 Å². The molecule has 2 rings (SSSR count). The summed E-state index contributed by atoms with van der Waals surface area (Å²) in [5.74, 6) is 1.34. The first kappa shape index (κ1) is 18.3. The second-order valence-corrected chi connectivity index (χ2v) is 4.95. The SMILES string of the molecule is COc1ccc(CCN=C(N)N2CCOCC2)c(Cl)c1.I. The van der Waals surface area contributed by atoms with Crippen molar-refractivity contribution in [3.8, 4) is 5.75 Å². The molecule has 0 aliphatic carbocycles. The Morgan fingerprint density at radius 1 is 1.43 bits per heavy atom. The highest BCUT2D eigenvalue weighted by Crippen LogP contribution is 2.22. The van der Waals surface area contributed by atoms with Crippen molar-refractivity contribution in [3.05, 3.63) is 28.8 Å². The Bertz CT molecular complexity index is 479. The molecular weight excluding hydrogens is 405 g/mol. The van der Waals surface area contributed by atoms with E-state index in [4.69, 9.17) is 26.8 Å². The maximum absolute atomic E-state index is 6.19. The molecule has 2 N–H and O–H groups in total. The van der Waals surface area contributed by atoms with Crippen LogP contribution in [0, 0.1) is 0 Å². The zero-order valence-corrected chi connectivity index (χ0v) is 15.1. The molecule has 0 unspecified atom stereocenters. The van der Waals surface area contributed by atoms with E-state index in [9.17, 15) is 0 Å². The van der Waals surface area contributed by atoms with Crippen molar-refractivity contribution in [1.82, 2.24) is 4.90 Å². The molecule has 118 valence electrons. The summed E-state index contributed by atoms with van der Waals surface area (Å²) in [6.07, 6.45) is 0.758. The van der Waals surface area contributed by atoms with Crippen LogP contribution in [0.25, 0.3) is 0 Å². The van der Waals surface area contributed by atoms with E-state index >= 15 is 0 Å². The van der Waals surface area contributed by atoms with Crippen molar-refractivity contribution in [2.75, 3.05) is 40.0 Å². The van der Waals surface area contributed by atoms with Gasteiger partial charge in [-0.15, -0.1) is 24.0 Å². The van der Waals surface area contributed by atoms with E-state index in [0.717, 1.165) is 30.8 Å². The minimum absolute atomic E-state index is 0. The fourth-order valence-electron chi connectivity index (χ4n) is 2.04. The van der Waals surface area contributed by atoms with E-state index in [-0.39, 0.29) is 24.0 Å². The number of halogens is 2. The quantitative estimate of drug-likeness (QED) is 0.456. The van der Waals surface area contributed by atoms with Crippen LogP contribution >= 0.6 is 35.6 Å². The highest BCUT2D eigenvalue weighted by molar-refractivity contribution is 14.0. The summed E-state index contributed by atoms with van der Waals surface area (Å²) in [6.45, 7) is 3.65. The van der Waals surface area contributed by atoms with Crippen LogP contribution in [-0.4, -0.2) is 50.8 Å². The largest absolute Gasteiger partial charge is 0.497 e. The zero-order chi connectivity index (χ0) is 14.4. The number of nitrogens with zero attached hydrogens (tertiary/aromatic N) is 2.